The number of hydrogen-bond donors (Lipinski definition) is 0. The molecular weight excluding hydrogens is 436 g/mol. The van der Waals surface area contributed by atoms with Crippen LogP contribution in [0.1, 0.15) is 11.1 Å². The van der Waals surface area contributed by atoms with Crippen molar-refractivity contribution in [2.45, 2.75) is 13.8 Å². The van der Waals surface area contributed by atoms with Crippen LogP contribution in [-0.4, -0.2) is 9.85 Å². The van der Waals surface area contributed by atoms with Crippen molar-refractivity contribution < 1.29 is 19.3 Å². The molecule has 4 aromatic carbocycles. The second kappa shape index (κ2) is 9.41. The fourth-order valence-corrected chi connectivity index (χ4v) is 3.55. The molecule has 8 nitrogen and oxygen atoms in total. The molecule has 0 atom stereocenters. The highest BCUT2D eigenvalue weighted by Crippen LogP contribution is 2.34. The monoisotopic (exact) mass is 456 g/mol. The summed E-state index contributed by atoms with van der Waals surface area (Å²) in [6.07, 6.45) is 0. The number of nitrogens with zero attached hydrogens (tertiary/aromatic N) is 2. The Balaban J connectivity index is 1.50. The van der Waals surface area contributed by atoms with E-state index in [0.717, 1.165) is 22.3 Å². The molecule has 0 spiro atoms. The van der Waals surface area contributed by atoms with Crippen molar-refractivity contribution in [2.75, 3.05) is 0 Å². The van der Waals surface area contributed by atoms with Crippen LogP contribution >= 0.6 is 0 Å². The zero-order valence-electron chi connectivity index (χ0n) is 18.4. The second-order valence-electron chi connectivity index (χ2n) is 7.66. The predicted octanol–water partition coefficient (Wildman–Crippen LogP) is 7.37. The van der Waals surface area contributed by atoms with Crippen LogP contribution in [0.3, 0.4) is 0 Å². The van der Waals surface area contributed by atoms with Crippen LogP contribution in [0.15, 0.2) is 84.9 Å². The molecule has 0 saturated carbocycles. The van der Waals surface area contributed by atoms with Crippen molar-refractivity contribution in [3.05, 3.63) is 116 Å². The zero-order chi connectivity index (χ0) is 24.2. The van der Waals surface area contributed by atoms with Gasteiger partial charge in [-0.1, -0.05) is 12.1 Å². The zero-order valence-corrected chi connectivity index (χ0v) is 18.4. The molecule has 0 aliphatic carbocycles. The summed E-state index contributed by atoms with van der Waals surface area (Å²) in [4.78, 5) is 20.7. The molecule has 4 rings (SSSR count). The van der Waals surface area contributed by atoms with Gasteiger partial charge in [0.2, 0.25) is 0 Å². The van der Waals surface area contributed by atoms with Gasteiger partial charge in [0.1, 0.15) is 23.0 Å². The Hall–Kier alpha value is -4.72. The molecule has 34 heavy (non-hydrogen) atoms. The maximum absolute atomic E-state index is 10.8. The minimum atomic E-state index is -0.451. The van der Waals surface area contributed by atoms with Crippen LogP contribution in [0.25, 0.3) is 11.1 Å². The first-order valence-corrected chi connectivity index (χ1v) is 10.4. The van der Waals surface area contributed by atoms with Crippen molar-refractivity contribution >= 4 is 11.4 Å². The smallest absolute Gasteiger partial charge is 0.269 e. The number of hydrogen-bond acceptors (Lipinski definition) is 6. The van der Waals surface area contributed by atoms with E-state index in [4.69, 9.17) is 9.47 Å². The van der Waals surface area contributed by atoms with E-state index in [1.54, 1.807) is 24.3 Å². The van der Waals surface area contributed by atoms with Gasteiger partial charge in [-0.15, -0.1) is 0 Å². The summed E-state index contributed by atoms with van der Waals surface area (Å²) < 4.78 is 11.7. The van der Waals surface area contributed by atoms with Gasteiger partial charge >= 0.3 is 0 Å². The number of nitro groups is 2. The number of ether oxygens (including phenoxy) is 2. The number of nitro benzene ring substituents is 2. The standard InChI is InChI=1S/C26H20N2O6/c1-17-15-23(33-21-7-3-19(4-8-21)27(29)30)11-13-25(17)26-14-12-24(16-18(26)2)34-22-9-5-20(6-10-22)28(31)32/h3-16H,1-2H3. The van der Waals surface area contributed by atoms with Crippen LogP contribution in [-0.2, 0) is 0 Å². The predicted molar refractivity (Wildman–Crippen MR) is 128 cm³/mol. The molecule has 4 aromatic rings. The second-order valence-corrected chi connectivity index (χ2v) is 7.66. The van der Waals surface area contributed by atoms with Crippen molar-refractivity contribution in [1.29, 1.82) is 0 Å². The first-order chi connectivity index (χ1) is 16.3. The van der Waals surface area contributed by atoms with Crippen LogP contribution in [0.2, 0.25) is 0 Å². The summed E-state index contributed by atoms with van der Waals surface area (Å²) >= 11 is 0. The number of benzene rings is 4. The van der Waals surface area contributed by atoms with Crippen molar-refractivity contribution in [3.63, 3.8) is 0 Å². The lowest BCUT2D eigenvalue weighted by Crippen LogP contribution is -1.92. The maximum atomic E-state index is 10.8. The number of aryl methyl sites for hydroxylation is 2. The number of non-ortho nitro benzene ring substituents is 2. The Labute approximate surface area is 195 Å². The van der Waals surface area contributed by atoms with E-state index in [2.05, 4.69) is 0 Å². The average Bonchev–Trinajstić information content (AvgIpc) is 2.80. The lowest BCUT2D eigenvalue weighted by Gasteiger charge is -2.14. The Bertz CT molecular complexity index is 1260. The minimum Gasteiger partial charge on any atom is -0.457 e. The van der Waals surface area contributed by atoms with Crippen molar-refractivity contribution in [3.8, 4) is 34.1 Å². The molecule has 170 valence electrons. The molecule has 0 amide bonds. The van der Waals surface area contributed by atoms with E-state index in [1.807, 2.05) is 50.2 Å². The lowest BCUT2D eigenvalue weighted by molar-refractivity contribution is -0.385. The third-order valence-corrected chi connectivity index (χ3v) is 5.25. The topological polar surface area (TPSA) is 105 Å². The molecule has 0 N–H and O–H groups in total. The summed E-state index contributed by atoms with van der Waals surface area (Å²) in [7, 11) is 0. The third kappa shape index (κ3) is 5.02. The quantitative estimate of drug-likeness (QED) is 0.212. The van der Waals surface area contributed by atoms with Crippen molar-refractivity contribution in [1.82, 2.24) is 0 Å². The van der Waals surface area contributed by atoms with Crippen LogP contribution in [0.5, 0.6) is 23.0 Å². The lowest BCUT2D eigenvalue weighted by atomic mass is 9.96. The van der Waals surface area contributed by atoms with Crippen LogP contribution in [0.4, 0.5) is 11.4 Å². The SMILES string of the molecule is Cc1cc(Oc2ccc([N+](=O)[O-])cc2)ccc1-c1ccc(Oc2ccc([N+](=O)[O-])cc2)cc1C. The van der Waals surface area contributed by atoms with Crippen LogP contribution in [0, 0.1) is 34.1 Å². The summed E-state index contributed by atoms with van der Waals surface area (Å²) in [5.41, 5.74) is 4.11. The molecule has 0 unspecified atom stereocenters. The van der Waals surface area contributed by atoms with Gasteiger partial charge in [-0.25, -0.2) is 0 Å². The van der Waals surface area contributed by atoms with E-state index in [1.165, 1.54) is 24.3 Å². The molecule has 0 aliphatic rings. The van der Waals surface area contributed by atoms with E-state index in [-0.39, 0.29) is 11.4 Å². The first kappa shape index (κ1) is 22.5. The van der Waals surface area contributed by atoms with E-state index in [9.17, 15) is 20.2 Å². The van der Waals surface area contributed by atoms with Crippen LogP contribution < -0.4 is 9.47 Å². The minimum absolute atomic E-state index is 0.00959. The Morgan fingerprint density at radius 3 is 1.15 bits per heavy atom. The van der Waals surface area contributed by atoms with Gasteiger partial charge in [0.15, 0.2) is 0 Å². The summed E-state index contributed by atoms with van der Waals surface area (Å²) in [6.45, 7) is 3.97. The normalized spacial score (nSPS) is 10.5. The van der Waals surface area contributed by atoms with Gasteiger partial charge in [0.05, 0.1) is 9.85 Å². The highest BCUT2D eigenvalue weighted by molar-refractivity contribution is 5.72. The molecule has 0 aromatic heterocycles. The van der Waals surface area contributed by atoms with Gasteiger partial charge in [-0.05, 0) is 84.6 Å². The maximum Gasteiger partial charge on any atom is 0.269 e. The molecule has 0 aliphatic heterocycles. The Morgan fingerprint density at radius 2 is 0.853 bits per heavy atom. The fraction of sp³-hybridized carbons (Fsp3) is 0.0769. The molecular formula is C26H20N2O6. The molecule has 8 heteroatoms. The van der Waals surface area contributed by atoms with Gasteiger partial charge in [-0.2, -0.15) is 0 Å². The largest absolute Gasteiger partial charge is 0.457 e. The van der Waals surface area contributed by atoms with Gasteiger partial charge in [0, 0.05) is 24.3 Å². The summed E-state index contributed by atoms with van der Waals surface area (Å²) in [5, 5.41) is 21.6. The third-order valence-electron chi connectivity index (χ3n) is 5.25. The summed E-state index contributed by atoms with van der Waals surface area (Å²) in [6, 6.07) is 23.3. The molecule has 0 saturated heterocycles. The van der Waals surface area contributed by atoms with E-state index in [0.29, 0.717) is 23.0 Å². The highest BCUT2D eigenvalue weighted by Gasteiger charge is 2.11. The Morgan fingerprint density at radius 1 is 0.529 bits per heavy atom. The van der Waals surface area contributed by atoms with Gasteiger partial charge in [0.25, 0.3) is 11.4 Å². The fourth-order valence-electron chi connectivity index (χ4n) is 3.55. The molecule has 0 fully saturated rings. The first-order valence-electron chi connectivity index (χ1n) is 10.4. The van der Waals surface area contributed by atoms with Crippen molar-refractivity contribution in [2.24, 2.45) is 0 Å². The summed E-state index contributed by atoms with van der Waals surface area (Å²) in [5.74, 6) is 2.29. The Kier molecular flexibility index (Phi) is 6.22. The number of rotatable bonds is 7. The highest BCUT2D eigenvalue weighted by atomic mass is 16.6. The van der Waals surface area contributed by atoms with E-state index >= 15 is 0 Å². The molecule has 0 bridgehead atoms. The van der Waals surface area contributed by atoms with Gasteiger partial charge < -0.3 is 9.47 Å². The molecule has 0 radical (unpaired) electrons. The molecule has 0 heterocycles. The average molecular weight is 456 g/mol. The van der Waals surface area contributed by atoms with E-state index < -0.39 is 9.85 Å². The van der Waals surface area contributed by atoms with Gasteiger partial charge in [-0.3, -0.25) is 20.2 Å².